The van der Waals surface area contributed by atoms with Crippen LogP contribution in [0.25, 0.3) is 0 Å². The van der Waals surface area contributed by atoms with E-state index in [-0.39, 0.29) is 0 Å². The van der Waals surface area contributed by atoms with Crippen molar-refractivity contribution in [3.05, 3.63) is 0 Å². The number of piperazine rings is 1. The second kappa shape index (κ2) is 5.48. The zero-order valence-corrected chi connectivity index (χ0v) is 7.83. The molecule has 0 amide bonds. The number of hydrogen-bond donors (Lipinski definition) is 1. The van der Waals surface area contributed by atoms with Crippen molar-refractivity contribution < 1.29 is 4.74 Å². The lowest BCUT2D eigenvalue weighted by Gasteiger charge is -2.33. The Morgan fingerprint density at radius 3 is 2.25 bits per heavy atom. The predicted molar refractivity (Wildman–Crippen MR) is 48.9 cm³/mol. The lowest BCUT2D eigenvalue weighted by Crippen LogP contribution is -2.48. The van der Waals surface area contributed by atoms with Crippen molar-refractivity contribution >= 4 is 0 Å². The largest absolute Gasteiger partial charge is 0.383 e. The maximum Gasteiger partial charge on any atom is 0.0589 e. The molecule has 0 bridgehead atoms. The first-order chi connectivity index (χ1) is 5.86. The number of hydrogen-bond acceptors (Lipinski definition) is 4. The van der Waals surface area contributed by atoms with E-state index in [1.54, 1.807) is 7.11 Å². The van der Waals surface area contributed by atoms with Gasteiger partial charge in [-0.25, -0.2) is 0 Å². The molecule has 1 rings (SSSR count). The van der Waals surface area contributed by atoms with Crippen molar-refractivity contribution in [2.24, 2.45) is 5.73 Å². The molecular formula is C8H19N3O. The van der Waals surface area contributed by atoms with Gasteiger partial charge in [0.2, 0.25) is 0 Å². The van der Waals surface area contributed by atoms with Crippen LogP contribution >= 0.6 is 0 Å². The van der Waals surface area contributed by atoms with Crippen LogP contribution in [-0.4, -0.2) is 62.9 Å². The summed E-state index contributed by atoms with van der Waals surface area (Å²) in [5.41, 5.74) is 5.53. The van der Waals surface area contributed by atoms with Gasteiger partial charge in [-0.05, 0) is 0 Å². The Morgan fingerprint density at radius 1 is 1.17 bits per heavy atom. The first-order valence-corrected chi connectivity index (χ1v) is 4.50. The van der Waals surface area contributed by atoms with E-state index in [1.807, 2.05) is 0 Å². The highest BCUT2D eigenvalue weighted by atomic mass is 16.5. The average molecular weight is 173 g/mol. The highest BCUT2D eigenvalue weighted by Gasteiger charge is 2.14. The van der Waals surface area contributed by atoms with Crippen molar-refractivity contribution in [3.63, 3.8) is 0 Å². The van der Waals surface area contributed by atoms with Crippen molar-refractivity contribution in [1.29, 1.82) is 0 Å². The van der Waals surface area contributed by atoms with E-state index in [0.717, 1.165) is 39.3 Å². The number of nitrogens with two attached hydrogens (primary N) is 1. The Hall–Kier alpha value is -0.160. The summed E-state index contributed by atoms with van der Waals surface area (Å²) in [6.45, 7) is 7.03. The molecule has 1 fully saturated rings. The van der Waals surface area contributed by atoms with E-state index >= 15 is 0 Å². The molecule has 0 unspecified atom stereocenters. The van der Waals surface area contributed by atoms with Crippen LogP contribution in [0.15, 0.2) is 0 Å². The van der Waals surface area contributed by atoms with Gasteiger partial charge in [-0.3, -0.25) is 9.80 Å². The van der Waals surface area contributed by atoms with Gasteiger partial charge in [-0.15, -0.1) is 0 Å². The van der Waals surface area contributed by atoms with Gasteiger partial charge in [0.25, 0.3) is 0 Å². The van der Waals surface area contributed by atoms with Crippen LogP contribution in [-0.2, 0) is 4.74 Å². The van der Waals surface area contributed by atoms with E-state index in [2.05, 4.69) is 9.80 Å². The minimum absolute atomic E-state index is 0.693. The third-order valence-electron chi connectivity index (χ3n) is 2.33. The molecule has 2 N–H and O–H groups in total. The summed E-state index contributed by atoms with van der Waals surface area (Å²) in [5.74, 6) is 0. The monoisotopic (exact) mass is 173 g/mol. The summed E-state index contributed by atoms with van der Waals surface area (Å²) in [4.78, 5) is 4.68. The van der Waals surface area contributed by atoms with Crippen molar-refractivity contribution in [1.82, 2.24) is 9.80 Å². The molecule has 0 atom stereocenters. The normalized spacial score (nSPS) is 21.5. The van der Waals surface area contributed by atoms with Gasteiger partial charge in [-0.2, -0.15) is 0 Å². The highest BCUT2D eigenvalue weighted by Crippen LogP contribution is 1.98. The molecular weight excluding hydrogens is 154 g/mol. The predicted octanol–water partition coefficient (Wildman–Crippen LogP) is -0.833. The summed E-state index contributed by atoms with van der Waals surface area (Å²) in [7, 11) is 1.75. The van der Waals surface area contributed by atoms with Crippen LogP contribution in [0.5, 0.6) is 0 Å². The van der Waals surface area contributed by atoms with E-state index in [1.165, 1.54) is 0 Å². The summed E-state index contributed by atoms with van der Waals surface area (Å²) in [6, 6.07) is 0. The Bertz CT molecular complexity index is 113. The number of nitrogens with zero attached hydrogens (tertiary/aromatic N) is 2. The van der Waals surface area contributed by atoms with E-state index in [0.29, 0.717) is 6.67 Å². The molecule has 0 aromatic rings. The maximum atomic E-state index is 5.53. The van der Waals surface area contributed by atoms with Gasteiger partial charge < -0.3 is 10.5 Å². The van der Waals surface area contributed by atoms with E-state index < -0.39 is 0 Å². The summed E-state index contributed by atoms with van der Waals surface area (Å²) < 4.78 is 5.02. The molecule has 0 radical (unpaired) electrons. The van der Waals surface area contributed by atoms with Crippen LogP contribution in [0.1, 0.15) is 0 Å². The molecule has 0 saturated carbocycles. The summed E-state index contributed by atoms with van der Waals surface area (Å²) in [5, 5.41) is 0. The Kier molecular flexibility index (Phi) is 4.53. The van der Waals surface area contributed by atoms with Crippen LogP contribution < -0.4 is 5.73 Å². The molecule has 1 aliphatic rings. The van der Waals surface area contributed by atoms with Gasteiger partial charge in [0.05, 0.1) is 6.61 Å². The lowest BCUT2D eigenvalue weighted by molar-refractivity contribution is 0.0983. The zero-order chi connectivity index (χ0) is 8.81. The number of ether oxygens (including phenoxy) is 1. The molecule has 4 nitrogen and oxygen atoms in total. The second-order valence-electron chi connectivity index (χ2n) is 3.14. The average Bonchev–Trinajstić information content (AvgIpc) is 2.15. The van der Waals surface area contributed by atoms with Crippen LogP contribution in [0, 0.1) is 0 Å². The highest BCUT2D eigenvalue weighted by molar-refractivity contribution is 4.69. The van der Waals surface area contributed by atoms with Gasteiger partial charge >= 0.3 is 0 Å². The smallest absolute Gasteiger partial charge is 0.0589 e. The van der Waals surface area contributed by atoms with Gasteiger partial charge in [0.15, 0.2) is 0 Å². The molecule has 12 heavy (non-hydrogen) atoms. The van der Waals surface area contributed by atoms with Crippen LogP contribution in [0.2, 0.25) is 0 Å². The first kappa shape index (κ1) is 9.92. The zero-order valence-electron chi connectivity index (χ0n) is 7.83. The Morgan fingerprint density at radius 2 is 1.75 bits per heavy atom. The molecule has 0 aromatic heterocycles. The number of rotatable bonds is 4. The molecule has 0 aliphatic carbocycles. The first-order valence-electron chi connectivity index (χ1n) is 4.50. The fourth-order valence-electron chi connectivity index (χ4n) is 1.42. The molecule has 0 spiro atoms. The minimum atomic E-state index is 0.693. The minimum Gasteiger partial charge on any atom is -0.383 e. The third kappa shape index (κ3) is 3.06. The Labute approximate surface area is 74.3 Å². The topological polar surface area (TPSA) is 41.7 Å². The van der Waals surface area contributed by atoms with Crippen LogP contribution in [0.4, 0.5) is 0 Å². The van der Waals surface area contributed by atoms with Crippen molar-refractivity contribution in [3.8, 4) is 0 Å². The molecule has 1 saturated heterocycles. The van der Waals surface area contributed by atoms with Crippen LogP contribution in [0.3, 0.4) is 0 Å². The molecule has 72 valence electrons. The second-order valence-corrected chi connectivity index (χ2v) is 3.14. The third-order valence-corrected chi connectivity index (χ3v) is 2.33. The van der Waals surface area contributed by atoms with Crippen molar-refractivity contribution in [2.75, 3.05) is 53.1 Å². The molecule has 4 heteroatoms. The quantitative estimate of drug-likeness (QED) is 0.602. The van der Waals surface area contributed by atoms with Gasteiger partial charge in [0, 0.05) is 46.5 Å². The van der Waals surface area contributed by atoms with E-state index in [9.17, 15) is 0 Å². The van der Waals surface area contributed by atoms with Crippen molar-refractivity contribution in [2.45, 2.75) is 0 Å². The summed E-state index contributed by atoms with van der Waals surface area (Å²) in [6.07, 6.45) is 0. The standard InChI is InChI=1S/C8H19N3O/c1-12-7-6-10-2-4-11(8-9)5-3-10/h2-9H2,1H3. The fraction of sp³-hybridized carbons (Fsp3) is 1.00. The number of methoxy groups -OCH3 is 1. The Balaban J connectivity index is 2.09. The lowest BCUT2D eigenvalue weighted by atomic mass is 10.3. The van der Waals surface area contributed by atoms with E-state index in [4.69, 9.17) is 10.5 Å². The van der Waals surface area contributed by atoms with Gasteiger partial charge in [-0.1, -0.05) is 0 Å². The van der Waals surface area contributed by atoms with Gasteiger partial charge in [0.1, 0.15) is 0 Å². The maximum absolute atomic E-state index is 5.53. The molecule has 1 aliphatic heterocycles. The SMILES string of the molecule is COCCN1CCN(CN)CC1. The summed E-state index contributed by atoms with van der Waals surface area (Å²) >= 11 is 0. The molecule has 0 aromatic carbocycles. The molecule has 1 heterocycles. The fourth-order valence-corrected chi connectivity index (χ4v) is 1.42.